The number of piperazine rings is 1. The minimum atomic E-state index is -0.293. The third-order valence-corrected chi connectivity index (χ3v) is 5.47. The summed E-state index contributed by atoms with van der Waals surface area (Å²) in [7, 11) is 0. The summed E-state index contributed by atoms with van der Waals surface area (Å²) >= 11 is 5.98. The number of carbonyl (C=O) groups is 2. The van der Waals surface area contributed by atoms with Gasteiger partial charge in [-0.2, -0.15) is 0 Å². The van der Waals surface area contributed by atoms with Gasteiger partial charge in [-0.05, 0) is 37.2 Å². The lowest BCUT2D eigenvalue weighted by molar-refractivity contribution is -0.148. The molecule has 0 aliphatic carbocycles. The molecular weight excluding hydrogens is 402 g/mol. The van der Waals surface area contributed by atoms with Crippen LogP contribution in [0.4, 0.5) is 5.82 Å². The molecule has 30 heavy (non-hydrogen) atoms. The summed E-state index contributed by atoms with van der Waals surface area (Å²) in [5, 5.41) is 0.716. The van der Waals surface area contributed by atoms with Gasteiger partial charge in [0.1, 0.15) is 12.4 Å². The standard InChI is InChI=1S/C23H28ClN3O3/c1-2-20(28)17-30-23(29)7-4-12-26-13-15-27(16-14-26)22-6-3-5-21(25-22)18-8-10-19(24)11-9-18/h3,5-6,8-11H,2,4,7,12-17H2,1H3. The van der Waals surface area contributed by atoms with Gasteiger partial charge in [0.05, 0.1) is 5.69 Å². The van der Waals surface area contributed by atoms with Crippen LogP contribution in [0.5, 0.6) is 0 Å². The van der Waals surface area contributed by atoms with Gasteiger partial charge in [0.15, 0.2) is 5.78 Å². The molecule has 2 heterocycles. The molecule has 7 heteroatoms. The number of esters is 1. The summed E-state index contributed by atoms with van der Waals surface area (Å²) in [5.74, 6) is 0.637. The number of pyridine rings is 1. The molecule has 2 aromatic rings. The van der Waals surface area contributed by atoms with Gasteiger partial charge in [-0.25, -0.2) is 4.98 Å². The van der Waals surface area contributed by atoms with Crippen molar-refractivity contribution < 1.29 is 14.3 Å². The molecule has 3 rings (SSSR count). The highest BCUT2D eigenvalue weighted by Gasteiger charge is 2.18. The van der Waals surface area contributed by atoms with Crippen LogP contribution >= 0.6 is 11.6 Å². The van der Waals surface area contributed by atoms with Crippen molar-refractivity contribution in [3.8, 4) is 11.3 Å². The summed E-state index contributed by atoms with van der Waals surface area (Å²) < 4.78 is 4.98. The number of nitrogens with zero attached hydrogens (tertiary/aromatic N) is 3. The van der Waals surface area contributed by atoms with Crippen molar-refractivity contribution in [2.75, 3.05) is 44.2 Å². The Bertz CT molecular complexity index is 849. The Morgan fingerprint density at radius 3 is 2.50 bits per heavy atom. The second kappa shape index (κ2) is 11.1. The average Bonchev–Trinajstić information content (AvgIpc) is 2.78. The van der Waals surface area contributed by atoms with E-state index in [1.54, 1.807) is 6.92 Å². The molecule has 0 spiro atoms. The van der Waals surface area contributed by atoms with E-state index in [0.717, 1.165) is 56.2 Å². The predicted molar refractivity (Wildman–Crippen MR) is 119 cm³/mol. The molecule has 1 aliphatic rings. The topological polar surface area (TPSA) is 62.7 Å². The van der Waals surface area contributed by atoms with Crippen molar-refractivity contribution in [1.82, 2.24) is 9.88 Å². The maximum Gasteiger partial charge on any atom is 0.306 e. The van der Waals surface area contributed by atoms with Crippen LogP contribution in [-0.4, -0.2) is 61.0 Å². The quantitative estimate of drug-likeness (QED) is 0.564. The van der Waals surface area contributed by atoms with Gasteiger partial charge in [-0.1, -0.05) is 36.7 Å². The van der Waals surface area contributed by atoms with Gasteiger partial charge in [-0.3, -0.25) is 14.5 Å². The van der Waals surface area contributed by atoms with E-state index in [1.807, 2.05) is 42.5 Å². The molecule has 0 atom stereocenters. The first-order chi connectivity index (χ1) is 14.5. The highest BCUT2D eigenvalue weighted by molar-refractivity contribution is 6.30. The lowest BCUT2D eigenvalue weighted by Gasteiger charge is -2.35. The zero-order valence-electron chi connectivity index (χ0n) is 17.3. The second-order valence-corrected chi connectivity index (χ2v) is 7.81. The lowest BCUT2D eigenvalue weighted by Crippen LogP contribution is -2.47. The number of anilines is 1. The van der Waals surface area contributed by atoms with E-state index in [2.05, 4.69) is 9.80 Å². The number of carbonyl (C=O) groups excluding carboxylic acids is 2. The van der Waals surface area contributed by atoms with Crippen molar-refractivity contribution in [2.45, 2.75) is 26.2 Å². The highest BCUT2D eigenvalue weighted by Crippen LogP contribution is 2.23. The Balaban J connectivity index is 1.43. The van der Waals surface area contributed by atoms with Gasteiger partial charge >= 0.3 is 5.97 Å². The zero-order chi connectivity index (χ0) is 21.3. The Kier molecular flexibility index (Phi) is 8.22. The minimum absolute atomic E-state index is 0.0480. The van der Waals surface area contributed by atoms with E-state index in [0.29, 0.717) is 17.9 Å². The highest BCUT2D eigenvalue weighted by atomic mass is 35.5. The fourth-order valence-electron chi connectivity index (χ4n) is 3.36. The molecule has 0 saturated carbocycles. The fraction of sp³-hybridized carbons (Fsp3) is 0.435. The number of halogens is 1. The molecule has 0 unspecified atom stereocenters. The van der Waals surface area contributed by atoms with Crippen molar-refractivity contribution in [3.05, 3.63) is 47.5 Å². The number of ketones is 1. The molecule has 1 aromatic carbocycles. The van der Waals surface area contributed by atoms with Crippen LogP contribution in [0, 0.1) is 0 Å². The number of rotatable bonds is 9. The number of ether oxygens (including phenoxy) is 1. The normalized spacial score (nSPS) is 14.5. The fourth-order valence-corrected chi connectivity index (χ4v) is 3.49. The van der Waals surface area contributed by atoms with Gasteiger partial charge in [0, 0.05) is 49.6 Å². The first-order valence-corrected chi connectivity index (χ1v) is 10.8. The van der Waals surface area contributed by atoms with Crippen LogP contribution in [0.25, 0.3) is 11.3 Å². The van der Waals surface area contributed by atoms with Gasteiger partial charge in [0.2, 0.25) is 0 Å². The van der Waals surface area contributed by atoms with E-state index in [9.17, 15) is 9.59 Å². The molecule has 0 bridgehead atoms. The molecule has 0 radical (unpaired) electrons. The number of benzene rings is 1. The van der Waals surface area contributed by atoms with Crippen LogP contribution in [0.15, 0.2) is 42.5 Å². The minimum Gasteiger partial charge on any atom is -0.458 e. The molecule has 0 N–H and O–H groups in total. The zero-order valence-corrected chi connectivity index (χ0v) is 18.1. The first-order valence-electron chi connectivity index (χ1n) is 10.4. The molecule has 6 nitrogen and oxygen atoms in total. The second-order valence-electron chi connectivity index (χ2n) is 7.37. The van der Waals surface area contributed by atoms with Crippen molar-refractivity contribution in [2.24, 2.45) is 0 Å². The number of aromatic nitrogens is 1. The summed E-state index contributed by atoms with van der Waals surface area (Å²) in [6.07, 6.45) is 1.49. The summed E-state index contributed by atoms with van der Waals surface area (Å²) in [4.78, 5) is 32.4. The Labute approximate surface area is 182 Å². The van der Waals surface area contributed by atoms with Crippen LogP contribution in [-0.2, 0) is 14.3 Å². The van der Waals surface area contributed by atoms with Crippen molar-refractivity contribution in [1.29, 1.82) is 0 Å². The molecule has 1 aliphatic heterocycles. The smallest absolute Gasteiger partial charge is 0.306 e. The molecule has 1 fully saturated rings. The lowest BCUT2D eigenvalue weighted by atomic mass is 10.1. The third-order valence-electron chi connectivity index (χ3n) is 5.21. The molecule has 160 valence electrons. The predicted octanol–water partition coefficient (Wildman–Crippen LogP) is 3.83. The third kappa shape index (κ3) is 6.54. The molecule has 0 amide bonds. The van der Waals surface area contributed by atoms with Crippen LogP contribution in [0.2, 0.25) is 5.02 Å². The van der Waals surface area contributed by atoms with Crippen LogP contribution < -0.4 is 4.90 Å². The van der Waals surface area contributed by atoms with E-state index in [1.165, 1.54) is 0 Å². The van der Waals surface area contributed by atoms with E-state index in [4.69, 9.17) is 21.3 Å². The largest absolute Gasteiger partial charge is 0.458 e. The van der Waals surface area contributed by atoms with Crippen molar-refractivity contribution in [3.63, 3.8) is 0 Å². The SMILES string of the molecule is CCC(=O)COC(=O)CCCN1CCN(c2cccc(-c3ccc(Cl)cc3)n2)CC1. The Hall–Kier alpha value is -2.44. The number of hydrogen-bond acceptors (Lipinski definition) is 6. The Morgan fingerprint density at radius 2 is 1.80 bits per heavy atom. The van der Waals surface area contributed by atoms with E-state index in [-0.39, 0.29) is 18.4 Å². The average molecular weight is 430 g/mol. The maximum atomic E-state index is 11.7. The van der Waals surface area contributed by atoms with Crippen molar-refractivity contribution >= 4 is 29.2 Å². The number of Topliss-reactive ketones (excluding diaryl/α,β-unsaturated/α-hetero) is 1. The Morgan fingerprint density at radius 1 is 1.07 bits per heavy atom. The molecular formula is C23H28ClN3O3. The maximum absolute atomic E-state index is 11.7. The van der Waals surface area contributed by atoms with Gasteiger partial charge < -0.3 is 9.64 Å². The van der Waals surface area contributed by atoms with Gasteiger partial charge in [-0.15, -0.1) is 0 Å². The van der Waals surface area contributed by atoms with Crippen LogP contribution in [0.3, 0.4) is 0 Å². The summed E-state index contributed by atoms with van der Waals surface area (Å²) in [6.45, 7) is 6.16. The first kappa shape index (κ1) is 22.2. The van der Waals surface area contributed by atoms with E-state index >= 15 is 0 Å². The van der Waals surface area contributed by atoms with Crippen LogP contribution in [0.1, 0.15) is 26.2 Å². The number of hydrogen-bond donors (Lipinski definition) is 0. The summed E-state index contributed by atoms with van der Waals surface area (Å²) in [6, 6.07) is 13.8. The molecule has 1 aromatic heterocycles. The molecule has 1 saturated heterocycles. The van der Waals surface area contributed by atoms with E-state index < -0.39 is 0 Å². The summed E-state index contributed by atoms with van der Waals surface area (Å²) in [5.41, 5.74) is 1.99. The monoisotopic (exact) mass is 429 g/mol. The van der Waals surface area contributed by atoms with Gasteiger partial charge in [0.25, 0.3) is 0 Å².